The fraction of sp³-hybridized carbons (Fsp3) is 0.333. The van der Waals surface area contributed by atoms with Gasteiger partial charge in [-0.2, -0.15) is 5.10 Å². The first-order chi connectivity index (χ1) is 13.1. The number of thiazole rings is 1. The van der Waals surface area contributed by atoms with Crippen molar-refractivity contribution in [2.45, 2.75) is 25.4 Å². The van der Waals surface area contributed by atoms with Gasteiger partial charge in [0.15, 0.2) is 5.13 Å². The van der Waals surface area contributed by atoms with Crippen LogP contribution in [0.3, 0.4) is 0 Å². The van der Waals surface area contributed by atoms with Gasteiger partial charge in [-0.15, -0.1) is 0 Å². The fourth-order valence-electron chi connectivity index (χ4n) is 3.21. The molecular weight excluding hydrogens is 386 g/mol. The zero-order chi connectivity index (χ0) is 18.8. The average Bonchev–Trinajstić information content (AvgIpc) is 3.09. The molecule has 1 aromatic carbocycles. The highest BCUT2D eigenvalue weighted by Gasteiger charge is 2.24. The first-order valence-corrected chi connectivity index (χ1v) is 9.91. The van der Waals surface area contributed by atoms with Gasteiger partial charge in [-0.1, -0.05) is 35.1 Å². The molecule has 3 aromatic rings. The molecule has 0 spiro atoms. The lowest BCUT2D eigenvalue weighted by molar-refractivity contribution is -0.122. The van der Waals surface area contributed by atoms with Gasteiger partial charge in [-0.05, 0) is 31.0 Å². The van der Waals surface area contributed by atoms with Gasteiger partial charge in [0, 0.05) is 25.2 Å². The molecule has 140 valence electrons. The molecule has 0 aliphatic carbocycles. The molecule has 1 amide bonds. The van der Waals surface area contributed by atoms with Crippen molar-refractivity contribution in [3.8, 4) is 0 Å². The number of nitrogens with zero attached hydrogens (tertiary/aromatic N) is 4. The first kappa shape index (κ1) is 17.9. The van der Waals surface area contributed by atoms with E-state index >= 15 is 0 Å². The van der Waals surface area contributed by atoms with Crippen LogP contribution in [-0.4, -0.2) is 39.8 Å². The Hall–Kier alpha value is -2.45. The largest absolute Gasteiger partial charge is 0.350 e. The van der Waals surface area contributed by atoms with Crippen LogP contribution in [0.4, 0.5) is 5.13 Å². The second kappa shape index (κ2) is 7.66. The van der Waals surface area contributed by atoms with Gasteiger partial charge in [0.25, 0.3) is 5.56 Å². The summed E-state index contributed by atoms with van der Waals surface area (Å²) in [6.07, 6.45) is 1.86. The molecule has 2 aromatic heterocycles. The molecule has 27 heavy (non-hydrogen) atoms. The highest BCUT2D eigenvalue weighted by Crippen LogP contribution is 2.30. The summed E-state index contributed by atoms with van der Waals surface area (Å²) in [6, 6.07) is 10.8. The van der Waals surface area contributed by atoms with E-state index in [1.165, 1.54) is 12.1 Å². The van der Waals surface area contributed by atoms with Gasteiger partial charge < -0.3 is 10.2 Å². The third kappa shape index (κ3) is 4.12. The van der Waals surface area contributed by atoms with Gasteiger partial charge in [0.2, 0.25) is 5.91 Å². The first-order valence-electron chi connectivity index (χ1n) is 8.72. The zero-order valence-corrected chi connectivity index (χ0v) is 16.0. The number of hydrogen-bond acceptors (Lipinski definition) is 6. The quantitative estimate of drug-likeness (QED) is 0.723. The van der Waals surface area contributed by atoms with Crippen LogP contribution in [0, 0.1) is 0 Å². The van der Waals surface area contributed by atoms with E-state index in [2.05, 4.69) is 21.4 Å². The summed E-state index contributed by atoms with van der Waals surface area (Å²) >= 11 is 7.46. The Morgan fingerprint density at radius 3 is 3.00 bits per heavy atom. The lowest BCUT2D eigenvalue weighted by Gasteiger charge is -2.32. The molecule has 0 radical (unpaired) electrons. The van der Waals surface area contributed by atoms with Crippen molar-refractivity contribution in [2.75, 3.05) is 18.0 Å². The van der Waals surface area contributed by atoms with Crippen molar-refractivity contribution >= 4 is 44.2 Å². The lowest BCUT2D eigenvalue weighted by atomic mass is 10.1. The van der Waals surface area contributed by atoms with Crippen molar-refractivity contribution in [1.82, 2.24) is 20.1 Å². The van der Waals surface area contributed by atoms with E-state index in [4.69, 9.17) is 16.6 Å². The van der Waals surface area contributed by atoms with Crippen molar-refractivity contribution in [3.63, 3.8) is 0 Å². The summed E-state index contributed by atoms with van der Waals surface area (Å²) in [7, 11) is 0. The molecule has 1 saturated heterocycles. The fourth-order valence-corrected chi connectivity index (χ4v) is 4.37. The molecule has 1 fully saturated rings. The number of nitrogens with one attached hydrogen (secondary N) is 1. The number of carbonyl (C=O) groups is 1. The Bertz CT molecular complexity index is 1000. The van der Waals surface area contributed by atoms with Crippen molar-refractivity contribution in [3.05, 3.63) is 51.9 Å². The third-order valence-electron chi connectivity index (χ3n) is 4.47. The van der Waals surface area contributed by atoms with E-state index in [9.17, 15) is 9.59 Å². The Kier molecular flexibility index (Phi) is 5.09. The SMILES string of the molecule is O=C(Cn1nc(Cl)ccc1=O)N[C@@H]1CCCN(c2nc3ccccc3s2)C1. The molecular formula is C18H18ClN5O2S. The van der Waals surface area contributed by atoms with E-state index in [0.29, 0.717) is 6.54 Å². The Morgan fingerprint density at radius 2 is 2.15 bits per heavy atom. The second-order valence-electron chi connectivity index (χ2n) is 6.47. The summed E-state index contributed by atoms with van der Waals surface area (Å²) < 4.78 is 2.23. The van der Waals surface area contributed by atoms with Crippen molar-refractivity contribution in [1.29, 1.82) is 0 Å². The highest BCUT2D eigenvalue weighted by atomic mass is 35.5. The zero-order valence-electron chi connectivity index (χ0n) is 14.5. The molecule has 1 aliphatic rings. The number of fused-ring (bicyclic) bond motifs is 1. The van der Waals surface area contributed by atoms with E-state index in [1.54, 1.807) is 11.3 Å². The summed E-state index contributed by atoms with van der Waals surface area (Å²) in [5.41, 5.74) is 0.643. The number of anilines is 1. The molecule has 1 N–H and O–H groups in total. The molecule has 7 nitrogen and oxygen atoms in total. The molecule has 0 unspecified atom stereocenters. The molecule has 3 heterocycles. The standard InChI is InChI=1S/C18H18ClN5O2S/c19-15-7-8-17(26)24(22-15)11-16(25)20-12-4-3-9-23(10-12)18-21-13-5-1-2-6-14(13)27-18/h1-2,5-8,12H,3-4,9-11H2,(H,20,25)/t12-/m1/s1. The van der Waals surface area contributed by atoms with Crippen LogP contribution in [0.15, 0.2) is 41.2 Å². The van der Waals surface area contributed by atoms with Gasteiger partial charge in [-0.25, -0.2) is 9.67 Å². The van der Waals surface area contributed by atoms with Crippen LogP contribution < -0.4 is 15.8 Å². The summed E-state index contributed by atoms with van der Waals surface area (Å²) in [5, 5.41) is 8.04. The number of benzene rings is 1. The minimum Gasteiger partial charge on any atom is -0.350 e. The van der Waals surface area contributed by atoms with E-state index in [1.807, 2.05) is 18.2 Å². The second-order valence-corrected chi connectivity index (χ2v) is 7.87. The number of rotatable bonds is 4. The van der Waals surface area contributed by atoms with Gasteiger partial charge in [0.1, 0.15) is 11.7 Å². The normalized spacial score (nSPS) is 17.2. The van der Waals surface area contributed by atoms with E-state index < -0.39 is 0 Å². The maximum atomic E-state index is 12.3. The molecule has 0 bridgehead atoms. The van der Waals surface area contributed by atoms with Crippen LogP contribution in [0.5, 0.6) is 0 Å². The predicted molar refractivity (Wildman–Crippen MR) is 107 cm³/mol. The van der Waals surface area contributed by atoms with E-state index in [-0.39, 0.29) is 29.2 Å². The average molecular weight is 404 g/mol. The Labute approximate surface area is 164 Å². The van der Waals surface area contributed by atoms with Crippen molar-refractivity contribution in [2.24, 2.45) is 0 Å². The number of halogens is 1. The van der Waals surface area contributed by atoms with Crippen LogP contribution in [-0.2, 0) is 11.3 Å². The third-order valence-corrected chi connectivity index (χ3v) is 5.77. The minimum absolute atomic E-state index is 0.00754. The van der Waals surface area contributed by atoms with Crippen LogP contribution in [0.2, 0.25) is 5.15 Å². The Balaban J connectivity index is 1.41. The summed E-state index contributed by atoms with van der Waals surface area (Å²) in [6.45, 7) is 1.47. The van der Waals surface area contributed by atoms with Crippen LogP contribution in [0.25, 0.3) is 10.2 Å². The van der Waals surface area contributed by atoms with Crippen LogP contribution >= 0.6 is 22.9 Å². The predicted octanol–water partition coefficient (Wildman–Crippen LogP) is 2.29. The summed E-state index contributed by atoms with van der Waals surface area (Å²) in [4.78, 5) is 31.0. The monoisotopic (exact) mass is 403 g/mol. The van der Waals surface area contributed by atoms with Crippen LogP contribution in [0.1, 0.15) is 12.8 Å². The number of hydrogen-bond donors (Lipinski definition) is 1. The molecule has 1 atom stereocenters. The number of carbonyl (C=O) groups excluding carboxylic acids is 1. The lowest BCUT2D eigenvalue weighted by Crippen LogP contribution is -2.49. The number of amides is 1. The highest BCUT2D eigenvalue weighted by molar-refractivity contribution is 7.22. The number of para-hydroxylation sites is 1. The molecule has 9 heteroatoms. The summed E-state index contributed by atoms with van der Waals surface area (Å²) in [5.74, 6) is -0.247. The maximum absolute atomic E-state index is 12.3. The number of aromatic nitrogens is 3. The van der Waals surface area contributed by atoms with Gasteiger partial charge in [-0.3, -0.25) is 9.59 Å². The maximum Gasteiger partial charge on any atom is 0.267 e. The van der Waals surface area contributed by atoms with Gasteiger partial charge >= 0.3 is 0 Å². The molecule has 4 rings (SSSR count). The van der Waals surface area contributed by atoms with Gasteiger partial charge in [0.05, 0.1) is 10.2 Å². The van der Waals surface area contributed by atoms with Crippen molar-refractivity contribution < 1.29 is 4.79 Å². The minimum atomic E-state index is -0.353. The smallest absolute Gasteiger partial charge is 0.267 e. The van der Waals surface area contributed by atoms with E-state index in [0.717, 1.165) is 39.4 Å². The molecule has 1 aliphatic heterocycles. The topological polar surface area (TPSA) is 80.1 Å². The Morgan fingerprint density at radius 1 is 1.30 bits per heavy atom. The number of piperidine rings is 1. The molecule has 0 saturated carbocycles.